The summed E-state index contributed by atoms with van der Waals surface area (Å²) >= 11 is 0. The third kappa shape index (κ3) is 7.79. The van der Waals surface area contributed by atoms with Gasteiger partial charge in [0.25, 0.3) is 0 Å². The van der Waals surface area contributed by atoms with Crippen LogP contribution in [0.2, 0.25) is 0 Å². The maximum atomic E-state index is 13.2. The average molecular weight is 683 g/mol. The monoisotopic (exact) mass is 683 g/mol. The van der Waals surface area contributed by atoms with Gasteiger partial charge in [0.1, 0.15) is 11.6 Å². The zero-order valence-corrected chi connectivity index (χ0v) is 29.4. The summed E-state index contributed by atoms with van der Waals surface area (Å²) in [5, 5.41) is 0. The Kier molecular flexibility index (Phi) is 12.1. The molecule has 0 unspecified atom stereocenters. The Morgan fingerprint density at radius 3 is 2.10 bits per heavy atom. The minimum atomic E-state index is -3.59. The van der Waals surface area contributed by atoms with E-state index >= 15 is 0 Å². The van der Waals surface area contributed by atoms with Crippen LogP contribution in [0.15, 0.2) is 47.1 Å². The van der Waals surface area contributed by atoms with Crippen LogP contribution in [0.3, 0.4) is 0 Å². The van der Waals surface area contributed by atoms with Crippen LogP contribution in [0.4, 0.5) is 5.69 Å². The normalized spacial score (nSPS) is 17.7. The number of ether oxygens (including phenoxy) is 1. The molecule has 0 bridgehead atoms. The smallest absolute Gasteiger partial charge is 0.242 e. The Morgan fingerprint density at radius 2 is 1.55 bits per heavy atom. The van der Waals surface area contributed by atoms with Crippen molar-refractivity contribution in [2.45, 2.75) is 96.5 Å². The topological polar surface area (TPSA) is 53.1 Å². The van der Waals surface area contributed by atoms with E-state index in [-0.39, 0.29) is 30.5 Å². The molecule has 1 saturated heterocycles. The number of para-hydroxylation sites is 1. The third-order valence-corrected chi connectivity index (χ3v) is 10.2. The first-order valence-corrected chi connectivity index (χ1v) is 16.9. The van der Waals surface area contributed by atoms with Gasteiger partial charge in [0, 0.05) is 64.5 Å². The van der Waals surface area contributed by atoms with Gasteiger partial charge < -0.3 is 14.5 Å². The molecule has 2 aromatic rings. The molecule has 42 heavy (non-hydrogen) atoms. The van der Waals surface area contributed by atoms with Crippen molar-refractivity contribution in [2.75, 3.05) is 38.6 Å². The van der Waals surface area contributed by atoms with Crippen molar-refractivity contribution in [2.24, 2.45) is 5.92 Å². The van der Waals surface area contributed by atoms with Crippen LogP contribution >= 0.6 is 0 Å². The molecule has 6 nitrogen and oxygen atoms in total. The second-order valence-electron chi connectivity index (χ2n) is 12.9. The standard InChI is InChI=1S/C34H51N3O3S.Ru/c1-24(2)30-15-12-16-31(25(3)4)34(30)37-20-19-36(23-27-13-10-9-11-14-27)33(37)22-28-21-29(41(38,39)35(7)8)17-18-32(28)40-26(5)6;/h12,15-18,21-22,24-27H,9-11,13-14,19-20,23H2,1-8H3;. The summed E-state index contributed by atoms with van der Waals surface area (Å²) in [7, 11) is -0.442. The van der Waals surface area contributed by atoms with Gasteiger partial charge in [-0.15, -0.1) is 0 Å². The van der Waals surface area contributed by atoms with Crippen LogP contribution in [-0.4, -0.2) is 57.5 Å². The fourth-order valence-corrected chi connectivity index (χ4v) is 7.15. The summed E-state index contributed by atoms with van der Waals surface area (Å²) < 4.78 is 33.8. The van der Waals surface area contributed by atoms with Gasteiger partial charge in [0.2, 0.25) is 10.0 Å². The minimum absolute atomic E-state index is 0. The van der Waals surface area contributed by atoms with Crippen molar-refractivity contribution >= 4 is 21.8 Å². The predicted molar refractivity (Wildman–Crippen MR) is 171 cm³/mol. The molecule has 1 aliphatic carbocycles. The van der Waals surface area contributed by atoms with E-state index in [9.17, 15) is 8.42 Å². The van der Waals surface area contributed by atoms with Gasteiger partial charge in [-0.05, 0) is 79.8 Å². The van der Waals surface area contributed by atoms with Crippen LogP contribution in [-0.2, 0) is 29.5 Å². The number of benzene rings is 2. The summed E-state index contributed by atoms with van der Waals surface area (Å²) in [6.07, 6.45) is 8.68. The first-order chi connectivity index (χ1) is 19.4. The van der Waals surface area contributed by atoms with Crippen LogP contribution in [0, 0.1) is 5.92 Å². The van der Waals surface area contributed by atoms with Gasteiger partial charge in [-0.3, -0.25) is 0 Å². The van der Waals surface area contributed by atoms with Crippen molar-refractivity contribution in [3.63, 3.8) is 0 Å². The van der Waals surface area contributed by atoms with E-state index in [0.29, 0.717) is 23.5 Å². The first kappa shape index (κ1) is 34.6. The number of rotatable bonds is 10. The quantitative estimate of drug-likeness (QED) is 0.241. The van der Waals surface area contributed by atoms with Gasteiger partial charge in [-0.2, -0.15) is 0 Å². The molecule has 0 N–H and O–H groups in total. The molecule has 0 spiro atoms. The molecule has 8 heteroatoms. The molecule has 234 valence electrons. The van der Waals surface area contributed by atoms with Crippen LogP contribution < -0.4 is 9.64 Å². The molecule has 2 fully saturated rings. The molecule has 1 saturated carbocycles. The summed E-state index contributed by atoms with van der Waals surface area (Å²) in [6, 6.07) is 12.0. The van der Waals surface area contributed by atoms with Crippen molar-refractivity contribution in [3.05, 3.63) is 58.9 Å². The number of hydrogen-bond donors (Lipinski definition) is 0. The maximum Gasteiger partial charge on any atom is 0.242 e. The van der Waals surface area contributed by atoms with E-state index in [1.54, 1.807) is 26.2 Å². The van der Waals surface area contributed by atoms with Crippen molar-refractivity contribution in [1.29, 1.82) is 0 Å². The molecule has 0 aromatic heterocycles. The molecular weight excluding hydrogens is 632 g/mol. The molecule has 1 heterocycles. The summed E-state index contributed by atoms with van der Waals surface area (Å²) in [6.45, 7) is 16.0. The van der Waals surface area contributed by atoms with E-state index in [4.69, 9.17) is 4.74 Å². The van der Waals surface area contributed by atoms with Gasteiger partial charge >= 0.3 is 0 Å². The Bertz CT molecular complexity index is 1310. The molecule has 2 aliphatic rings. The molecular formula is C34H51N3O3RuS. The van der Waals surface area contributed by atoms with Crippen molar-refractivity contribution in [3.8, 4) is 5.75 Å². The number of sulfonamides is 1. The van der Waals surface area contributed by atoms with Crippen LogP contribution in [0.1, 0.15) is 102 Å². The van der Waals surface area contributed by atoms with E-state index in [1.807, 2.05) is 19.9 Å². The summed E-state index contributed by atoms with van der Waals surface area (Å²) in [5.41, 5.74) is 4.80. The third-order valence-electron chi connectivity index (χ3n) is 8.42. The van der Waals surface area contributed by atoms with Gasteiger partial charge in [-0.25, -0.2) is 12.7 Å². The molecule has 1 aliphatic heterocycles. The van der Waals surface area contributed by atoms with Crippen molar-refractivity contribution < 1.29 is 32.6 Å². The second-order valence-corrected chi connectivity index (χ2v) is 15.0. The van der Waals surface area contributed by atoms with Gasteiger partial charge in [0.05, 0.1) is 11.0 Å². The SMILES string of the molecule is CC(C)Oc1ccc(S(=O)(=O)N(C)C)cc1C=C1N(CC2CCCCC2)CCN1c1c(C(C)C)cccc1C(C)C.[Ru]. The average Bonchev–Trinajstić information content (AvgIpc) is 3.30. The van der Waals surface area contributed by atoms with Crippen LogP contribution in [0.25, 0.3) is 6.08 Å². The Hall–Kier alpha value is -1.89. The molecule has 2 aromatic carbocycles. The summed E-state index contributed by atoms with van der Waals surface area (Å²) in [4.78, 5) is 5.32. The van der Waals surface area contributed by atoms with E-state index in [1.165, 1.54) is 53.2 Å². The first-order valence-electron chi connectivity index (χ1n) is 15.5. The maximum absolute atomic E-state index is 13.2. The van der Waals surface area contributed by atoms with Gasteiger partial charge in [0.15, 0.2) is 0 Å². The van der Waals surface area contributed by atoms with E-state index in [2.05, 4.69) is 61.8 Å². The Labute approximate surface area is 268 Å². The minimum Gasteiger partial charge on any atom is -0.490 e. The Balaban J connectivity index is 0.00000484. The molecule has 0 amide bonds. The molecule has 4 rings (SSSR count). The predicted octanol–water partition coefficient (Wildman–Crippen LogP) is 7.67. The van der Waals surface area contributed by atoms with Crippen LogP contribution in [0.5, 0.6) is 5.75 Å². The number of hydrogen-bond acceptors (Lipinski definition) is 5. The largest absolute Gasteiger partial charge is 0.490 e. The Morgan fingerprint density at radius 1 is 0.929 bits per heavy atom. The molecule has 0 radical (unpaired) electrons. The zero-order chi connectivity index (χ0) is 29.9. The second kappa shape index (κ2) is 14.7. The van der Waals surface area contributed by atoms with E-state index in [0.717, 1.165) is 31.0 Å². The fraction of sp³-hybridized carbons (Fsp3) is 0.588. The number of anilines is 1. The van der Waals surface area contributed by atoms with E-state index < -0.39 is 10.0 Å². The van der Waals surface area contributed by atoms with Crippen molar-refractivity contribution in [1.82, 2.24) is 9.21 Å². The number of nitrogens with zero attached hydrogens (tertiary/aromatic N) is 3. The molecule has 0 atom stereocenters. The zero-order valence-electron chi connectivity index (χ0n) is 26.8. The summed E-state index contributed by atoms with van der Waals surface area (Å²) in [5.74, 6) is 3.29. The van der Waals surface area contributed by atoms with Gasteiger partial charge in [-0.1, -0.05) is 65.2 Å². The fourth-order valence-electron chi connectivity index (χ4n) is 6.22.